The van der Waals surface area contributed by atoms with Crippen LogP contribution in [0.5, 0.6) is 0 Å². The molecule has 0 saturated carbocycles. The summed E-state index contributed by atoms with van der Waals surface area (Å²) in [7, 11) is 0. The average Bonchev–Trinajstić information content (AvgIpc) is 3.85. The molecule has 0 aliphatic carbocycles. The zero-order valence-corrected chi connectivity index (χ0v) is 32.0. The Morgan fingerprint density at radius 1 is 0.362 bits per heavy atom. The van der Waals surface area contributed by atoms with Crippen molar-refractivity contribution in [3.63, 3.8) is 0 Å². The summed E-state index contributed by atoms with van der Waals surface area (Å²) in [6.45, 7) is 0. The van der Waals surface area contributed by atoms with Crippen molar-refractivity contribution in [1.82, 2.24) is 19.5 Å². The van der Waals surface area contributed by atoms with Crippen molar-refractivity contribution in [2.75, 3.05) is 0 Å². The van der Waals surface area contributed by atoms with Gasteiger partial charge >= 0.3 is 0 Å². The van der Waals surface area contributed by atoms with Crippen LogP contribution < -0.4 is 0 Å². The topological polar surface area (TPSA) is 43.6 Å². The molecule has 8 aromatic carbocycles. The van der Waals surface area contributed by atoms with Crippen LogP contribution in [-0.2, 0) is 0 Å². The summed E-state index contributed by atoms with van der Waals surface area (Å²) in [6, 6.07) is 68.9. The van der Waals surface area contributed by atoms with Crippen LogP contribution in [0.15, 0.2) is 194 Å². The molecule has 4 aromatic heterocycles. The van der Waals surface area contributed by atoms with Gasteiger partial charge in [0.25, 0.3) is 0 Å². The van der Waals surface area contributed by atoms with E-state index in [4.69, 9.17) is 15.0 Å². The molecule has 0 saturated heterocycles. The lowest BCUT2D eigenvalue weighted by Gasteiger charge is -2.14. The molecule has 0 aliphatic rings. The van der Waals surface area contributed by atoms with Gasteiger partial charge in [-0.3, -0.25) is 4.57 Å². The molecule has 5 heteroatoms. The first-order valence-corrected chi connectivity index (χ1v) is 20.3. The third kappa shape index (κ3) is 5.18. The molecular formula is C53H32N4S. The van der Waals surface area contributed by atoms with Crippen LogP contribution >= 0.6 is 11.3 Å². The maximum absolute atomic E-state index is 5.32. The fraction of sp³-hybridized carbons (Fsp3) is 0. The first-order chi connectivity index (χ1) is 28.7. The summed E-state index contributed by atoms with van der Waals surface area (Å²) in [5.74, 6) is 1.52. The lowest BCUT2D eigenvalue weighted by molar-refractivity contribution is 1.05. The summed E-state index contributed by atoms with van der Waals surface area (Å²) in [6.07, 6.45) is 0. The molecule has 0 unspecified atom stereocenters. The average molecular weight is 757 g/mol. The Morgan fingerprint density at radius 3 is 1.72 bits per heavy atom. The minimum absolute atomic E-state index is 0.690. The van der Waals surface area contributed by atoms with Gasteiger partial charge in [-0.05, 0) is 47.5 Å². The minimum Gasteiger partial charge on any atom is -0.294 e. The molecule has 0 fully saturated rings. The van der Waals surface area contributed by atoms with Crippen LogP contribution in [0.2, 0.25) is 0 Å². The van der Waals surface area contributed by atoms with Gasteiger partial charge in [0.2, 0.25) is 0 Å². The summed E-state index contributed by atoms with van der Waals surface area (Å²) in [5.41, 5.74) is 10.5. The highest BCUT2D eigenvalue weighted by molar-refractivity contribution is 7.26. The molecule has 0 aliphatic heterocycles. The molecular weight excluding hydrogens is 725 g/mol. The van der Waals surface area contributed by atoms with Crippen LogP contribution in [-0.4, -0.2) is 19.5 Å². The highest BCUT2D eigenvalue weighted by Gasteiger charge is 2.19. The predicted molar refractivity (Wildman–Crippen MR) is 244 cm³/mol. The zero-order chi connectivity index (χ0) is 38.2. The van der Waals surface area contributed by atoms with Crippen LogP contribution in [0.25, 0.3) is 115 Å². The second-order valence-electron chi connectivity index (χ2n) is 14.8. The molecule has 12 rings (SSSR count). The number of thiophene rings is 1. The molecule has 58 heavy (non-hydrogen) atoms. The molecule has 0 bridgehead atoms. The van der Waals surface area contributed by atoms with E-state index in [1.807, 2.05) is 29.5 Å². The number of nitrogens with zero attached hydrogens (tertiary/aromatic N) is 4. The van der Waals surface area contributed by atoms with Gasteiger partial charge < -0.3 is 0 Å². The van der Waals surface area contributed by atoms with Crippen molar-refractivity contribution in [3.05, 3.63) is 194 Å². The third-order valence-corrected chi connectivity index (χ3v) is 12.5. The van der Waals surface area contributed by atoms with Gasteiger partial charge in [0.15, 0.2) is 5.82 Å². The Hall–Kier alpha value is -7.47. The maximum atomic E-state index is 5.32. The number of fused-ring (bicyclic) bond motifs is 10. The number of hydrogen-bond donors (Lipinski definition) is 0. The smallest absolute Gasteiger partial charge is 0.162 e. The normalized spacial score (nSPS) is 11.8. The van der Waals surface area contributed by atoms with Crippen LogP contribution in [0.1, 0.15) is 0 Å². The van der Waals surface area contributed by atoms with Crippen LogP contribution in [0, 0.1) is 0 Å². The second-order valence-corrected chi connectivity index (χ2v) is 15.8. The van der Waals surface area contributed by atoms with E-state index in [0.29, 0.717) is 5.82 Å². The monoisotopic (exact) mass is 756 g/mol. The van der Waals surface area contributed by atoms with Gasteiger partial charge in [0.05, 0.1) is 27.9 Å². The minimum atomic E-state index is 0.690. The van der Waals surface area contributed by atoms with Gasteiger partial charge in [-0.15, -0.1) is 11.3 Å². The highest BCUT2D eigenvalue weighted by atomic mass is 32.1. The quantitative estimate of drug-likeness (QED) is 0.164. The van der Waals surface area contributed by atoms with Crippen molar-refractivity contribution in [1.29, 1.82) is 0 Å². The molecule has 0 radical (unpaired) electrons. The van der Waals surface area contributed by atoms with Gasteiger partial charge in [0, 0.05) is 69.9 Å². The molecule has 4 nitrogen and oxygen atoms in total. The number of aromatic nitrogens is 4. The van der Waals surface area contributed by atoms with Crippen LogP contribution in [0.4, 0.5) is 0 Å². The van der Waals surface area contributed by atoms with E-state index in [2.05, 4.69) is 180 Å². The lowest BCUT2D eigenvalue weighted by Crippen LogP contribution is -2.02. The largest absolute Gasteiger partial charge is 0.294 e. The molecule has 0 amide bonds. The Kier molecular flexibility index (Phi) is 7.37. The maximum Gasteiger partial charge on any atom is 0.162 e. The van der Waals surface area contributed by atoms with E-state index in [1.165, 1.54) is 41.7 Å². The van der Waals surface area contributed by atoms with Gasteiger partial charge in [-0.2, -0.15) is 0 Å². The number of pyridine rings is 1. The molecule has 12 aromatic rings. The molecule has 0 N–H and O–H groups in total. The summed E-state index contributed by atoms with van der Waals surface area (Å²) in [5, 5.41) is 8.56. The fourth-order valence-electron chi connectivity index (χ4n) is 8.72. The van der Waals surface area contributed by atoms with E-state index in [9.17, 15) is 0 Å². The number of benzene rings is 8. The Bertz CT molecular complexity index is 3500. The molecule has 0 atom stereocenters. The standard InChI is InChI=1S/C53H32N4S/c1-3-13-35(14-4-1)52-41-28-30-48-51(40-19-9-12-22-47(40)58-48)50(41)42-31-37(27-29-43(42)54-52)33-23-25-34(26-24-33)44-32-49(56-53(55-44)36-15-5-2-6-16-36)57-45-20-10-7-17-38(45)39-18-8-11-21-46(39)57/h1-32H. The first kappa shape index (κ1) is 32.7. The Morgan fingerprint density at radius 2 is 0.983 bits per heavy atom. The predicted octanol–water partition coefficient (Wildman–Crippen LogP) is 14.3. The van der Waals surface area contributed by atoms with Crippen molar-refractivity contribution in [3.8, 4) is 50.8 Å². The highest BCUT2D eigenvalue weighted by Crippen LogP contribution is 2.44. The summed E-state index contributed by atoms with van der Waals surface area (Å²) >= 11 is 1.85. The van der Waals surface area contributed by atoms with Gasteiger partial charge in [0.1, 0.15) is 5.82 Å². The Labute approximate surface area is 338 Å². The summed E-state index contributed by atoms with van der Waals surface area (Å²) < 4.78 is 4.85. The van der Waals surface area contributed by atoms with Crippen molar-refractivity contribution >= 4 is 75.0 Å². The van der Waals surface area contributed by atoms with Gasteiger partial charge in [-0.25, -0.2) is 15.0 Å². The van der Waals surface area contributed by atoms with Crippen molar-refractivity contribution in [2.45, 2.75) is 0 Å². The fourth-order valence-corrected chi connectivity index (χ4v) is 9.83. The molecule has 0 spiro atoms. The third-order valence-electron chi connectivity index (χ3n) is 11.4. The number of para-hydroxylation sites is 2. The van der Waals surface area contributed by atoms with E-state index in [-0.39, 0.29) is 0 Å². The molecule has 270 valence electrons. The number of hydrogen-bond acceptors (Lipinski definition) is 4. The van der Waals surface area contributed by atoms with Crippen LogP contribution in [0.3, 0.4) is 0 Å². The van der Waals surface area contributed by atoms with E-state index in [1.54, 1.807) is 0 Å². The van der Waals surface area contributed by atoms with E-state index in [0.717, 1.165) is 67.0 Å². The van der Waals surface area contributed by atoms with E-state index >= 15 is 0 Å². The van der Waals surface area contributed by atoms with E-state index < -0.39 is 0 Å². The summed E-state index contributed by atoms with van der Waals surface area (Å²) in [4.78, 5) is 15.7. The SMILES string of the molecule is c1ccc(-c2nc(-c3ccc(-c4ccc5nc(-c6ccccc6)c6ccc7sc8ccccc8c7c6c5c4)cc3)cc(-n3c4ccccc4c4ccccc43)n2)cc1. The van der Waals surface area contributed by atoms with Gasteiger partial charge in [-0.1, -0.05) is 152 Å². The second kappa shape index (κ2) is 13.1. The zero-order valence-electron chi connectivity index (χ0n) is 31.2. The van der Waals surface area contributed by atoms with Crippen molar-refractivity contribution < 1.29 is 0 Å². The number of rotatable bonds is 5. The first-order valence-electron chi connectivity index (χ1n) is 19.5. The Balaban J connectivity index is 1.02. The van der Waals surface area contributed by atoms with Crippen molar-refractivity contribution in [2.24, 2.45) is 0 Å². The molecule has 4 heterocycles. The lowest BCUT2D eigenvalue weighted by atomic mass is 9.94.